The summed E-state index contributed by atoms with van der Waals surface area (Å²) < 4.78 is 13.2. The van der Waals surface area contributed by atoms with Crippen LogP contribution >= 0.6 is 11.6 Å². The second kappa shape index (κ2) is 6.00. The molecule has 1 N–H and O–H groups in total. The van der Waals surface area contributed by atoms with Gasteiger partial charge in [0, 0.05) is 18.6 Å². The Kier molecular flexibility index (Phi) is 4.60. The van der Waals surface area contributed by atoms with Crippen LogP contribution in [0.5, 0.6) is 0 Å². The highest BCUT2D eigenvalue weighted by Crippen LogP contribution is 2.27. The van der Waals surface area contributed by atoms with Crippen LogP contribution in [-0.4, -0.2) is 30.6 Å². The highest BCUT2D eigenvalue weighted by molar-refractivity contribution is 6.30. The first-order chi connectivity index (χ1) is 8.63. The molecule has 2 unspecified atom stereocenters. The third kappa shape index (κ3) is 2.85. The van der Waals surface area contributed by atoms with Crippen LogP contribution in [0.1, 0.15) is 31.9 Å². The summed E-state index contributed by atoms with van der Waals surface area (Å²) in [6, 6.07) is 5.85. The number of nitrogens with zero attached hydrogens (tertiary/aromatic N) is 1. The normalized spacial score (nSPS) is 21.5. The molecular weight excluding hydrogens is 251 g/mol. The van der Waals surface area contributed by atoms with Crippen LogP contribution in [0.2, 0.25) is 5.02 Å². The zero-order valence-corrected chi connectivity index (χ0v) is 11.7. The molecule has 1 aliphatic rings. The Morgan fingerprint density at radius 3 is 2.89 bits per heavy atom. The van der Waals surface area contributed by atoms with Gasteiger partial charge in [-0.1, -0.05) is 24.6 Å². The van der Waals surface area contributed by atoms with E-state index >= 15 is 0 Å². The maximum Gasteiger partial charge on any atom is 0.141 e. The van der Waals surface area contributed by atoms with Gasteiger partial charge in [0.2, 0.25) is 0 Å². The third-order valence-electron chi connectivity index (χ3n) is 3.79. The topological polar surface area (TPSA) is 15.3 Å². The standard InChI is InChI=1S/C14H20ClFN2/c1-3-18(12-6-7-17-9-12)10(2)11-4-5-14(16)13(15)8-11/h4-5,8,10,12,17H,3,6-7,9H2,1-2H3. The fourth-order valence-electron chi connectivity index (χ4n) is 2.73. The van der Waals surface area contributed by atoms with Gasteiger partial charge in [-0.3, -0.25) is 4.90 Å². The molecule has 0 saturated carbocycles. The van der Waals surface area contributed by atoms with Crippen LogP contribution in [-0.2, 0) is 0 Å². The minimum absolute atomic E-state index is 0.208. The van der Waals surface area contributed by atoms with E-state index < -0.39 is 0 Å². The number of nitrogens with one attached hydrogen (secondary N) is 1. The smallest absolute Gasteiger partial charge is 0.141 e. The van der Waals surface area contributed by atoms with Gasteiger partial charge in [-0.2, -0.15) is 0 Å². The number of benzene rings is 1. The molecule has 1 heterocycles. The lowest BCUT2D eigenvalue weighted by molar-refractivity contribution is 0.162. The Labute approximate surface area is 113 Å². The quantitative estimate of drug-likeness (QED) is 0.904. The van der Waals surface area contributed by atoms with Gasteiger partial charge < -0.3 is 5.32 Å². The molecule has 4 heteroatoms. The second-order valence-corrected chi connectivity index (χ2v) is 5.23. The molecule has 0 aromatic heterocycles. The summed E-state index contributed by atoms with van der Waals surface area (Å²) in [4.78, 5) is 2.45. The molecular formula is C14H20ClFN2. The highest BCUT2D eigenvalue weighted by Gasteiger charge is 2.26. The van der Waals surface area contributed by atoms with Crippen molar-refractivity contribution in [2.45, 2.75) is 32.4 Å². The first-order valence-electron chi connectivity index (χ1n) is 6.55. The molecule has 0 amide bonds. The molecule has 1 saturated heterocycles. The van der Waals surface area contributed by atoms with E-state index in [4.69, 9.17) is 11.6 Å². The summed E-state index contributed by atoms with van der Waals surface area (Å²) in [5, 5.41) is 3.59. The van der Waals surface area contributed by atoms with Crippen molar-refractivity contribution in [2.75, 3.05) is 19.6 Å². The maximum atomic E-state index is 13.2. The van der Waals surface area contributed by atoms with E-state index in [1.807, 2.05) is 6.07 Å². The fourth-order valence-corrected chi connectivity index (χ4v) is 2.92. The first kappa shape index (κ1) is 13.8. The van der Waals surface area contributed by atoms with Gasteiger partial charge in [0.1, 0.15) is 5.82 Å². The molecule has 0 spiro atoms. The maximum absolute atomic E-state index is 13.2. The average molecular weight is 271 g/mol. The molecule has 1 aliphatic heterocycles. The van der Waals surface area contributed by atoms with Crippen molar-refractivity contribution in [3.8, 4) is 0 Å². The summed E-state index contributed by atoms with van der Waals surface area (Å²) >= 11 is 5.86. The molecule has 0 bridgehead atoms. The Bertz CT molecular complexity index is 405. The molecule has 2 rings (SSSR count). The molecule has 2 nitrogen and oxygen atoms in total. The van der Waals surface area contributed by atoms with E-state index in [0.29, 0.717) is 6.04 Å². The van der Waals surface area contributed by atoms with Crippen LogP contribution in [0.4, 0.5) is 4.39 Å². The number of halogens is 2. The average Bonchev–Trinajstić information content (AvgIpc) is 2.87. The van der Waals surface area contributed by atoms with Crippen LogP contribution in [0.3, 0.4) is 0 Å². The van der Waals surface area contributed by atoms with E-state index in [9.17, 15) is 4.39 Å². The van der Waals surface area contributed by atoms with Crippen molar-refractivity contribution < 1.29 is 4.39 Å². The number of rotatable bonds is 4. The Hall–Kier alpha value is -0.640. The van der Waals surface area contributed by atoms with Gasteiger partial charge in [0.15, 0.2) is 0 Å². The highest BCUT2D eigenvalue weighted by atomic mass is 35.5. The van der Waals surface area contributed by atoms with Crippen molar-refractivity contribution in [1.29, 1.82) is 0 Å². The summed E-state index contributed by atoms with van der Waals surface area (Å²) in [5.41, 5.74) is 1.08. The number of likely N-dealkylation sites (N-methyl/N-ethyl adjacent to an activating group) is 1. The van der Waals surface area contributed by atoms with E-state index in [1.165, 1.54) is 12.5 Å². The zero-order valence-electron chi connectivity index (χ0n) is 10.9. The molecule has 18 heavy (non-hydrogen) atoms. The SMILES string of the molecule is CCN(C1CCNC1)C(C)c1ccc(F)c(Cl)c1. The van der Waals surface area contributed by atoms with Crippen molar-refractivity contribution in [1.82, 2.24) is 10.2 Å². The summed E-state index contributed by atoms with van der Waals surface area (Å²) in [6.07, 6.45) is 1.17. The minimum atomic E-state index is -0.349. The molecule has 0 radical (unpaired) electrons. The fraction of sp³-hybridized carbons (Fsp3) is 0.571. The minimum Gasteiger partial charge on any atom is -0.315 e. The first-order valence-corrected chi connectivity index (χ1v) is 6.92. The second-order valence-electron chi connectivity index (χ2n) is 4.83. The van der Waals surface area contributed by atoms with Crippen LogP contribution in [0.25, 0.3) is 0 Å². The Balaban J connectivity index is 2.16. The lowest BCUT2D eigenvalue weighted by atomic mass is 10.0. The van der Waals surface area contributed by atoms with Crippen LogP contribution in [0, 0.1) is 5.82 Å². The summed E-state index contributed by atoms with van der Waals surface area (Å²) in [6.45, 7) is 7.43. The zero-order chi connectivity index (χ0) is 13.1. The molecule has 1 aromatic carbocycles. The largest absolute Gasteiger partial charge is 0.315 e. The summed E-state index contributed by atoms with van der Waals surface area (Å²) in [5.74, 6) is -0.349. The van der Waals surface area contributed by atoms with Crippen LogP contribution < -0.4 is 5.32 Å². The molecule has 2 atom stereocenters. The van der Waals surface area contributed by atoms with Gasteiger partial charge in [-0.05, 0) is 44.1 Å². The van der Waals surface area contributed by atoms with Gasteiger partial charge in [0.25, 0.3) is 0 Å². The van der Waals surface area contributed by atoms with Crippen molar-refractivity contribution in [3.05, 3.63) is 34.6 Å². The van der Waals surface area contributed by atoms with E-state index in [1.54, 1.807) is 6.07 Å². The van der Waals surface area contributed by atoms with Gasteiger partial charge in [-0.25, -0.2) is 4.39 Å². The molecule has 100 valence electrons. The van der Waals surface area contributed by atoms with Crippen molar-refractivity contribution in [3.63, 3.8) is 0 Å². The third-order valence-corrected chi connectivity index (χ3v) is 4.08. The van der Waals surface area contributed by atoms with E-state index in [0.717, 1.165) is 25.2 Å². The van der Waals surface area contributed by atoms with Gasteiger partial charge in [-0.15, -0.1) is 0 Å². The predicted octanol–water partition coefficient (Wildman–Crippen LogP) is 3.22. The molecule has 1 aromatic rings. The predicted molar refractivity (Wildman–Crippen MR) is 73.5 cm³/mol. The molecule has 1 fully saturated rings. The lowest BCUT2D eigenvalue weighted by Crippen LogP contribution is -2.38. The lowest BCUT2D eigenvalue weighted by Gasteiger charge is -2.33. The number of hydrogen-bond donors (Lipinski definition) is 1. The van der Waals surface area contributed by atoms with E-state index in [2.05, 4.69) is 24.1 Å². The van der Waals surface area contributed by atoms with Crippen molar-refractivity contribution in [2.24, 2.45) is 0 Å². The Morgan fingerprint density at radius 1 is 1.56 bits per heavy atom. The van der Waals surface area contributed by atoms with Crippen molar-refractivity contribution >= 4 is 11.6 Å². The summed E-state index contributed by atoms with van der Waals surface area (Å²) in [7, 11) is 0. The Morgan fingerprint density at radius 2 is 2.33 bits per heavy atom. The monoisotopic (exact) mass is 270 g/mol. The van der Waals surface area contributed by atoms with E-state index in [-0.39, 0.29) is 16.9 Å². The van der Waals surface area contributed by atoms with Crippen LogP contribution in [0.15, 0.2) is 18.2 Å². The van der Waals surface area contributed by atoms with Gasteiger partial charge >= 0.3 is 0 Å². The number of hydrogen-bond acceptors (Lipinski definition) is 2. The van der Waals surface area contributed by atoms with Gasteiger partial charge in [0.05, 0.1) is 5.02 Å². The molecule has 0 aliphatic carbocycles.